The van der Waals surface area contributed by atoms with Crippen LogP contribution in [0.3, 0.4) is 0 Å². The number of aliphatic carboxylic acids is 1. The Bertz CT molecular complexity index is 206. The first-order valence-electron chi connectivity index (χ1n) is 4.37. The van der Waals surface area contributed by atoms with E-state index < -0.39 is 5.97 Å². The first-order valence-corrected chi connectivity index (χ1v) is 4.37. The zero-order chi connectivity index (χ0) is 11.1. The maximum absolute atomic E-state index is 11.3. The lowest BCUT2D eigenvalue weighted by molar-refractivity contribution is -0.137. The number of carbonyl (C=O) groups excluding carboxylic acids is 1. The topological polar surface area (TPSA) is 72.9 Å². The first kappa shape index (κ1) is 12.7. The molecule has 0 aromatic heterocycles. The van der Waals surface area contributed by atoms with Crippen molar-refractivity contribution in [1.82, 2.24) is 15.3 Å². The number of hydrogen-bond acceptors (Lipinski definition) is 3. The van der Waals surface area contributed by atoms with Crippen LogP contribution in [-0.4, -0.2) is 54.8 Å². The molecule has 0 radical (unpaired) electrons. The van der Waals surface area contributed by atoms with Gasteiger partial charge in [0, 0.05) is 34.1 Å². The molecule has 0 unspecified atom stereocenters. The van der Waals surface area contributed by atoms with Gasteiger partial charge in [-0.3, -0.25) is 9.80 Å². The molecule has 0 rings (SSSR count). The molecule has 0 fully saturated rings. The third-order valence-electron chi connectivity index (χ3n) is 1.69. The van der Waals surface area contributed by atoms with E-state index in [1.54, 1.807) is 19.1 Å². The van der Waals surface area contributed by atoms with Gasteiger partial charge in [0.1, 0.15) is 0 Å². The zero-order valence-corrected chi connectivity index (χ0v) is 8.78. The molecule has 0 heterocycles. The van der Waals surface area contributed by atoms with Crippen LogP contribution in [0.25, 0.3) is 0 Å². The molecule has 0 saturated carbocycles. The van der Waals surface area contributed by atoms with Gasteiger partial charge in [-0.15, -0.1) is 0 Å². The summed E-state index contributed by atoms with van der Waals surface area (Å²) in [4.78, 5) is 21.5. The van der Waals surface area contributed by atoms with Gasteiger partial charge in [0.05, 0.1) is 0 Å². The van der Waals surface area contributed by atoms with Gasteiger partial charge in [0.25, 0.3) is 0 Å². The fourth-order valence-corrected chi connectivity index (χ4v) is 0.992. The smallest absolute Gasteiger partial charge is 0.331 e. The number of nitrogens with one attached hydrogen (secondary N) is 1. The Kier molecular flexibility index (Phi) is 5.62. The van der Waals surface area contributed by atoms with Gasteiger partial charge in [-0.1, -0.05) is 0 Å². The van der Waals surface area contributed by atoms with Gasteiger partial charge in [0.15, 0.2) is 0 Å². The monoisotopic (exact) mass is 203 g/mol. The quantitative estimate of drug-likeness (QED) is 0.615. The molecule has 0 aliphatic rings. The average molecular weight is 203 g/mol. The van der Waals surface area contributed by atoms with Gasteiger partial charge in [-0.25, -0.2) is 9.80 Å². The Morgan fingerprint density at radius 2 is 1.93 bits per heavy atom. The minimum absolute atomic E-state index is 0.0708. The fraction of sp³-hybridized carbons (Fsp3) is 0.750. The maximum atomic E-state index is 11.3. The average Bonchev–Trinajstić information content (AvgIpc) is 2.10. The van der Waals surface area contributed by atoms with Crippen LogP contribution < -0.4 is 5.32 Å². The molecule has 2 amide bonds. The van der Waals surface area contributed by atoms with Crippen molar-refractivity contribution in [1.29, 1.82) is 0 Å². The van der Waals surface area contributed by atoms with E-state index in [2.05, 4.69) is 5.32 Å². The van der Waals surface area contributed by atoms with Crippen molar-refractivity contribution in [2.24, 2.45) is 0 Å². The fourth-order valence-electron chi connectivity index (χ4n) is 0.992. The summed E-state index contributed by atoms with van der Waals surface area (Å²) >= 11 is 0. The third kappa shape index (κ3) is 4.66. The Hall–Kier alpha value is -1.30. The highest BCUT2D eigenvalue weighted by Crippen LogP contribution is 1.98. The summed E-state index contributed by atoms with van der Waals surface area (Å²) in [5, 5.41) is 14.0. The molecule has 0 saturated heterocycles. The van der Waals surface area contributed by atoms with Gasteiger partial charge < -0.3 is 10.4 Å². The number of hydrogen-bond donors (Lipinski definition) is 2. The van der Waals surface area contributed by atoms with Crippen LogP contribution in [0.4, 0.5) is 4.79 Å². The third-order valence-corrected chi connectivity index (χ3v) is 1.69. The summed E-state index contributed by atoms with van der Waals surface area (Å²) in [5.74, 6) is -0.847. The number of carboxylic acids is 1. The highest BCUT2D eigenvalue weighted by Gasteiger charge is 2.13. The molecular formula is C8H17N3O3. The number of nitrogens with zero attached hydrogens (tertiary/aromatic N) is 2. The van der Waals surface area contributed by atoms with Crippen LogP contribution in [0, 0.1) is 0 Å². The predicted molar refractivity (Wildman–Crippen MR) is 51.7 cm³/mol. The summed E-state index contributed by atoms with van der Waals surface area (Å²) in [7, 11) is 5.00. The molecule has 6 heteroatoms. The summed E-state index contributed by atoms with van der Waals surface area (Å²) < 4.78 is 0. The number of hydrazine groups is 1. The number of urea groups is 1. The van der Waals surface area contributed by atoms with E-state index in [1.165, 1.54) is 12.1 Å². The SMILES string of the molecule is CNC(=O)N(CCCC(=O)O)N(C)C. The number of carbonyl (C=O) groups is 2. The largest absolute Gasteiger partial charge is 0.481 e. The molecule has 0 aliphatic heterocycles. The lowest BCUT2D eigenvalue weighted by atomic mass is 10.3. The summed E-state index contributed by atoms with van der Waals surface area (Å²) in [6, 6.07) is -0.236. The van der Waals surface area contributed by atoms with Gasteiger partial charge in [-0.05, 0) is 6.42 Å². The van der Waals surface area contributed by atoms with Crippen LogP contribution in [0.5, 0.6) is 0 Å². The Morgan fingerprint density at radius 3 is 2.29 bits per heavy atom. The molecular weight excluding hydrogens is 186 g/mol. The molecule has 0 spiro atoms. The van der Waals surface area contributed by atoms with Crippen LogP contribution in [-0.2, 0) is 4.79 Å². The van der Waals surface area contributed by atoms with E-state index in [-0.39, 0.29) is 12.5 Å². The van der Waals surface area contributed by atoms with E-state index in [1.807, 2.05) is 0 Å². The Balaban J connectivity index is 3.98. The van der Waals surface area contributed by atoms with Gasteiger partial charge in [-0.2, -0.15) is 0 Å². The van der Waals surface area contributed by atoms with Crippen molar-refractivity contribution in [2.45, 2.75) is 12.8 Å². The Morgan fingerprint density at radius 1 is 1.36 bits per heavy atom. The van der Waals surface area contributed by atoms with E-state index in [0.29, 0.717) is 13.0 Å². The molecule has 0 aromatic carbocycles. The van der Waals surface area contributed by atoms with Crippen LogP contribution in [0.15, 0.2) is 0 Å². The Labute approximate surface area is 83.5 Å². The van der Waals surface area contributed by atoms with Gasteiger partial charge in [0.2, 0.25) is 0 Å². The number of rotatable bonds is 5. The van der Waals surface area contributed by atoms with Crippen molar-refractivity contribution in [3.63, 3.8) is 0 Å². The second-order valence-electron chi connectivity index (χ2n) is 3.02. The van der Waals surface area contributed by atoms with Crippen LogP contribution in [0.2, 0.25) is 0 Å². The minimum Gasteiger partial charge on any atom is -0.481 e. The lowest BCUT2D eigenvalue weighted by Gasteiger charge is -2.28. The van der Waals surface area contributed by atoms with Crippen molar-refractivity contribution < 1.29 is 14.7 Å². The van der Waals surface area contributed by atoms with Gasteiger partial charge >= 0.3 is 12.0 Å². The highest BCUT2D eigenvalue weighted by atomic mass is 16.4. The van der Waals surface area contributed by atoms with Crippen LogP contribution in [0.1, 0.15) is 12.8 Å². The highest BCUT2D eigenvalue weighted by molar-refractivity contribution is 5.73. The molecule has 2 N–H and O–H groups in total. The minimum atomic E-state index is -0.847. The maximum Gasteiger partial charge on any atom is 0.331 e. The van der Waals surface area contributed by atoms with E-state index >= 15 is 0 Å². The van der Waals surface area contributed by atoms with E-state index in [9.17, 15) is 9.59 Å². The molecule has 0 aliphatic carbocycles. The lowest BCUT2D eigenvalue weighted by Crippen LogP contribution is -2.46. The molecule has 0 atom stereocenters. The van der Waals surface area contributed by atoms with Crippen molar-refractivity contribution in [3.05, 3.63) is 0 Å². The molecule has 0 aromatic rings. The number of amides is 2. The van der Waals surface area contributed by atoms with Crippen molar-refractivity contribution in [2.75, 3.05) is 27.7 Å². The van der Waals surface area contributed by atoms with Crippen LogP contribution >= 0.6 is 0 Å². The first-order chi connectivity index (χ1) is 6.49. The zero-order valence-electron chi connectivity index (χ0n) is 8.78. The number of carboxylic acid groups (broad SMARTS) is 1. The normalized spacial score (nSPS) is 10.0. The standard InChI is InChI=1S/C8H17N3O3/c1-9-8(14)11(10(2)3)6-4-5-7(12)13/h4-6H2,1-3H3,(H,9,14)(H,12,13). The van der Waals surface area contributed by atoms with Crippen molar-refractivity contribution in [3.8, 4) is 0 Å². The molecule has 82 valence electrons. The molecule has 6 nitrogen and oxygen atoms in total. The van der Waals surface area contributed by atoms with E-state index in [0.717, 1.165) is 0 Å². The molecule has 0 bridgehead atoms. The summed E-state index contributed by atoms with van der Waals surface area (Å²) in [5.41, 5.74) is 0. The summed E-state index contributed by atoms with van der Waals surface area (Å²) in [6.45, 7) is 0.402. The van der Waals surface area contributed by atoms with E-state index in [4.69, 9.17) is 5.11 Å². The second-order valence-corrected chi connectivity index (χ2v) is 3.02. The summed E-state index contributed by atoms with van der Waals surface area (Å²) in [6.07, 6.45) is 0.516. The van der Waals surface area contributed by atoms with Crippen molar-refractivity contribution >= 4 is 12.0 Å². The second kappa shape index (κ2) is 6.20. The molecule has 14 heavy (non-hydrogen) atoms. The predicted octanol–water partition coefficient (Wildman–Crippen LogP) is -0.0308.